The van der Waals surface area contributed by atoms with Crippen molar-refractivity contribution in [3.05, 3.63) is 23.8 Å². The first-order valence-electron chi connectivity index (χ1n) is 6.12. The van der Waals surface area contributed by atoms with Crippen molar-refractivity contribution >= 4 is 0 Å². The minimum absolute atomic E-state index is 0.0216. The first kappa shape index (κ1) is 12.2. The summed E-state index contributed by atoms with van der Waals surface area (Å²) in [5, 5.41) is 23.0. The molecule has 1 aromatic rings. The van der Waals surface area contributed by atoms with Crippen molar-refractivity contribution in [1.82, 2.24) is 10.2 Å². The van der Waals surface area contributed by atoms with Crippen LogP contribution in [-0.2, 0) is 0 Å². The second kappa shape index (κ2) is 4.94. The van der Waals surface area contributed by atoms with E-state index >= 15 is 0 Å². The van der Waals surface area contributed by atoms with Crippen LogP contribution in [0.4, 0.5) is 0 Å². The minimum atomic E-state index is 0.0216. The second-order valence-corrected chi connectivity index (χ2v) is 4.53. The van der Waals surface area contributed by atoms with Gasteiger partial charge in [0.25, 0.3) is 0 Å². The summed E-state index contributed by atoms with van der Waals surface area (Å²) in [4.78, 5) is 2.30. The Kier molecular flexibility index (Phi) is 3.54. The Morgan fingerprint density at radius 3 is 2.35 bits per heavy atom. The predicted octanol–water partition coefficient (Wildman–Crippen LogP) is 1.45. The van der Waals surface area contributed by atoms with Crippen molar-refractivity contribution in [3.8, 4) is 11.5 Å². The third-order valence-corrected chi connectivity index (χ3v) is 3.57. The van der Waals surface area contributed by atoms with Gasteiger partial charge in [0.2, 0.25) is 0 Å². The van der Waals surface area contributed by atoms with Gasteiger partial charge in [-0.15, -0.1) is 0 Å². The molecular weight excluding hydrogens is 216 g/mol. The largest absolute Gasteiger partial charge is 0.507 e. The van der Waals surface area contributed by atoms with Gasteiger partial charge in [-0.2, -0.15) is 0 Å². The fraction of sp³-hybridized carbons (Fsp3) is 0.538. The van der Waals surface area contributed by atoms with Crippen molar-refractivity contribution in [2.24, 2.45) is 0 Å². The molecule has 0 amide bonds. The van der Waals surface area contributed by atoms with Crippen molar-refractivity contribution < 1.29 is 10.2 Å². The molecule has 94 valence electrons. The molecule has 0 saturated carbocycles. The molecule has 0 bridgehead atoms. The van der Waals surface area contributed by atoms with E-state index in [1.165, 1.54) is 0 Å². The molecular formula is C13H20N2O2. The summed E-state index contributed by atoms with van der Waals surface area (Å²) in [5.41, 5.74) is 0.626. The van der Waals surface area contributed by atoms with Crippen LogP contribution in [0.15, 0.2) is 18.2 Å². The number of benzene rings is 1. The molecule has 3 N–H and O–H groups in total. The maximum atomic E-state index is 9.88. The van der Waals surface area contributed by atoms with Crippen molar-refractivity contribution in [1.29, 1.82) is 0 Å². The van der Waals surface area contributed by atoms with Gasteiger partial charge in [-0.25, -0.2) is 0 Å². The SMILES string of the molecule is CCN(C1CNC1)C(C)c1c(O)cccc1O. The summed E-state index contributed by atoms with van der Waals surface area (Å²) in [5.74, 6) is 0.339. The number of nitrogens with one attached hydrogen (secondary N) is 1. The quantitative estimate of drug-likeness (QED) is 0.740. The van der Waals surface area contributed by atoms with Crippen molar-refractivity contribution in [3.63, 3.8) is 0 Å². The van der Waals surface area contributed by atoms with Crippen LogP contribution < -0.4 is 5.32 Å². The molecule has 1 heterocycles. The molecule has 1 atom stereocenters. The average Bonchev–Trinajstić information content (AvgIpc) is 2.22. The number of likely N-dealkylation sites (N-methyl/N-ethyl adjacent to an activating group) is 1. The molecule has 1 aromatic carbocycles. The summed E-state index contributed by atoms with van der Waals surface area (Å²) in [6, 6.07) is 5.42. The molecule has 0 radical (unpaired) electrons. The number of hydrogen-bond donors (Lipinski definition) is 3. The number of nitrogens with zero attached hydrogens (tertiary/aromatic N) is 1. The fourth-order valence-corrected chi connectivity index (χ4v) is 2.49. The molecule has 4 heteroatoms. The molecule has 1 aliphatic rings. The van der Waals surface area contributed by atoms with E-state index in [0.717, 1.165) is 19.6 Å². The second-order valence-electron chi connectivity index (χ2n) is 4.53. The van der Waals surface area contributed by atoms with Crippen LogP contribution in [0.2, 0.25) is 0 Å². The Hall–Kier alpha value is -1.26. The molecule has 1 fully saturated rings. The number of hydrogen-bond acceptors (Lipinski definition) is 4. The zero-order valence-corrected chi connectivity index (χ0v) is 10.3. The fourth-order valence-electron chi connectivity index (χ4n) is 2.49. The van der Waals surface area contributed by atoms with Gasteiger partial charge in [0, 0.05) is 25.2 Å². The van der Waals surface area contributed by atoms with E-state index < -0.39 is 0 Å². The normalized spacial score (nSPS) is 18.1. The first-order chi connectivity index (χ1) is 8.15. The van der Waals surface area contributed by atoms with E-state index in [0.29, 0.717) is 11.6 Å². The van der Waals surface area contributed by atoms with Crippen LogP contribution in [0, 0.1) is 0 Å². The lowest BCUT2D eigenvalue weighted by Gasteiger charge is -2.41. The molecule has 2 rings (SSSR count). The molecule has 1 aliphatic heterocycles. The highest BCUT2D eigenvalue weighted by molar-refractivity contribution is 5.45. The zero-order valence-electron chi connectivity index (χ0n) is 10.3. The summed E-state index contributed by atoms with van der Waals surface area (Å²) >= 11 is 0. The van der Waals surface area contributed by atoms with E-state index in [1.807, 2.05) is 6.92 Å². The Balaban J connectivity index is 2.25. The molecule has 0 aliphatic carbocycles. The van der Waals surface area contributed by atoms with Gasteiger partial charge in [0.15, 0.2) is 0 Å². The predicted molar refractivity (Wildman–Crippen MR) is 67.2 cm³/mol. The number of aromatic hydroxyl groups is 2. The lowest BCUT2D eigenvalue weighted by molar-refractivity contribution is 0.107. The number of rotatable bonds is 4. The standard InChI is InChI=1S/C13H20N2O2/c1-3-15(10-7-14-8-10)9(2)13-11(16)5-4-6-12(13)17/h4-6,9-10,14,16-17H,3,7-8H2,1-2H3. The van der Waals surface area contributed by atoms with Crippen LogP contribution in [0.1, 0.15) is 25.5 Å². The van der Waals surface area contributed by atoms with Gasteiger partial charge in [-0.05, 0) is 25.6 Å². The van der Waals surface area contributed by atoms with E-state index in [4.69, 9.17) is 0 Å². The third-order valence-electron chi connectivity index (χ3n) is 3.57. The average molecular weight is 236 g/mol. The Morgan fingerprint density at radius 1 is 1.35 bits per heavy atom. The van der Waals surface area contributed by atoms with Crippen molar-refractivity contribution in [2.75, 3.05) is 19.6 Å². The van der Waals surface area contributed by atoms with Gasteiger partial charge in [-0.3, -0.25) is 4.90 Å². The lowest BCUT2D eigenvalue weighted by Crippen LogP contribution is -2.57. The topological polar surface area (TPSA) is 55.7 Å². The summed E-state index contributed by atoms with van der Waals surface area (Å²) in [6.45, 7) is 6.99. The molecule has 0 aromatic heterocycles. The monoisotopic (exact) mass is 236 g/mol. The summed E-state index contributed by atoms with van der Waals surface area (Å²) < 4.78 is 0. The van der Waals surface area contributed by atoms with Crippen molar-refractivity contribution in [2.45, 2.75) is 25.9 Å². The molecule has 4 nitrogen and oxygen atoms in total. The van der Waals surface area contributed by atoms with E-state index in [-0.39, 0.29) is 17.5 Å². The smallest absolute Gasteiger partial charge is 0.124 e. The van der Waals surface area contributed by atoms with E-state index in [2.05, 4.69) is 17.1 Å². The van der Waals surface area contributed by atoms with Crippen LogP contribution >= 0.6 is 0 Å². The highest BCUT2D eigenvalue weighted by atomic mass is 16.3. The minimum Gasteiger partial charge on any atom is -0.507 e. The van der Waals surface area contributed by atoms with Crippen LogP contribution in [0.25, 0.3) is 0 Å². The Bertz CT molecular complexity index is 371. The first-order valence-corrected chi connectivity index (χ1v) is 6.12. The lowest BCUT2D eigenvalue weighted by atomic mass is 10.0. The number of phenols is 2. The van der Waals surface area contributed by atoms with Gasteiger partial charge < -0.3 is 15.5 Å². The maximum Gasteiger partial charge on any atom is 0.124 e. The van der Waals surface area contributed by atoms with Gasteiger partial charge in [-0.1, -0.05) is 13.0 Å². The highest BCUT2D eigenvalue weighted by Crippen LogP contribution is 2.36. The molecule has 0 spiro atoms. The maximum absolute atomic E-state index is 9.88. The van der Waals surface area contributed by atoms with Gasteiger partial charge in [0.05, 0.1) is 5.56 Å². The van der Waals surface area contributed by atoms with Gasteiger partial charge in [0.1, 0.15) is 11.5 Å². The summed E-state index contributed by atoms with van der Waals surface area (Å²) in [6.07, 6.45) is 0. The van der Waals surface area contributed by atoms with E-state index in [9.17, 15) is 10.2 Å². The zero-order chi connectivity index (χ0) is 12.4. The molecule has 1 unspecified atom stereocenters. The van der Waals surface area contributed by atoms with Crippen LogP contribution in [-0.4, -0.2) is 40.8 Å². The van der Waals surface area contributed by atoms with Crippen LogP contribution in [0.3, 0.4) is 0 Å². The van der Waals surface area contributed by atoms with Crippen LogP contribution in [0.5, 0.6) is 11.5 Å². The Morgan fingerprint density at radius 2 is 1.94 bits per heavy atom. The van der Waals surface area contributed by atoms with Gasteiger partial charge >= 0.3 is 0 Å². The Labute approximate surface area is 102 Å². The van der Waals surface area contributed by atoms with E-state index in [1.54, 1.807) is 18.2 Å². The summed E-state index contributed by atoms with van der Waals surface area (Å²) in [7, 11) is 0. The molecule has 1 saturated heterocycles. The molecule has 17 heavy (non-hydrogen) atoms. The third kappa shape index (κ3) is 2.23. The number of phenolic OH excluding ortho intramolecular Hbond substituents is 2. The highest BCUT2D eigenvalue weighted by Gasteiger charge is 2.30.